The van der Waals surface area contributed by atoms with Gasteiger partial charge in [-0.05, 0) is 12.0 Å². The lowest BCUT2D eigenvalue weighted by Gasteiger charge is -2.40. The zero-order valence-electron chi connectivity index (χ0n) is 17.8. The van der Waals surface area contributed by atoms with Crippen LogP contribution in [0, 0.1) is 5.92 Å². The number of amides is 1. The van der Waals surface area contributed by atoms with Gasteiger partial charge in [0.25, 0.3) is 0 Å². The van der Waals surface area contributed by atoms with Crippen molar-refractivity contribution in [1.29, 1.82) is 0 Å². The van der Waals surface area contributed by atoms with Crippen molar-refractivity contribution in [2.24, 2.45) is 5.92 Å². The summed E-state index contributed by atoms with van der Waals surface area (Å²) in [6.07, 6.45) is 7.60. The summed E-state index contributed by atoms with van der Waals surface area (Å²) in [5.74, 6) is -0.854. The Balaban J connectivity index is 1.82. The molecule has 2 aliphatic heterocycles. The Morgan fingerprint density at radius 2 is 2.13 bits per heavy atom. The standard InChI is InChI=1S/C24H32N2O4/c1-4-6-13-18(23(27)25-16-17-11-8-7-9-12-17)26-15-10-14-20-22(26)21(24(28)29-3)19(5-2)30-20/h5,7-12,14,18-22H,2,4,6,13,15-16H2,1,3H3,(H,25,27)/t18-,19+,20-,21-,22-/m1/s1. The molecule has 1 aromatic carbocycles. The minimum absolute atomic E-state index is 0.0213. The summed E-state index contributed by atoms with van der Waals surface area (Å²) < 4.78 is 11.1. The molecule has 0 unspecified atom stereocenters. The molecule has 0 radical (unpaired) electrons. The first-order valence-electron chi connectivity index (χ1n) is 10.7. The molecule has 1 amide bonds. The highest BCUT2D eigenvalue weighted by Crippen LogP contribution is 2.37. The highest BCUT2D eigenvalue weighted by molar-refractivity contribution is 5.82. The van der Waals surface area contributed by atoms with Crippen molar-refractivity contribution in [1.82, 2.24) is 10.2 Å². The van der Waals surface area contributed by atoms with Crippen LogP contribution in [0.5, 0.6) is 0 Å². The van der Waals surface area contributed by atoms with Crippen LogP contribution < -0.4 is 5.32 Å². The van der Waals surface area contributed by atoms with Crippen LogP contribution in [0.4, 0.5) is 0 Å². The second-order valence-electron chi connectivity index (χ2n) is 7.83. The van der Waals surface area contributed by atoms with Crippen molar-refractivity contribution in [3.63, 3.8) is 0 Å². The van der Waals surface area contributed by atoms with Gasteiger partial charge in [-0.25, -0.2) is 0 Å². The maximum atomic E-state index is 13.3. The summed E-state index contributed by atoms with van der Waals surface area (Å²) in [6, 6.07) is 9.27. The SMILES string of the molecule is C=C[C@@H]1O[C@@H]2C=CCN([C@H](CCCC)C(=O)NCc3ccccc3)[C@H]2[C@@H]1C(=O)OC. The van der Waals surface area contributed by atoms with E-state index in [1.54, 1.807) is 6.08 Å². The Bertz CT molecular complexity index is 764. The van der Waals surface area contributed by atoms with E-state index in [1.807, 2.05) is 42.5 Å². The molecule has 2 heterocycles. The number of hydrogen-bond acceptors (Lipinski definition) is 5. The Kier molecular flexibility index (Phi) is 7.82. The van der Waals surface area contributed by atoms with Gasteiger partial charge in [-0.1, -0.05) is 68.3 Å². The third kappa shape index (κ3) is 4.82. The average molecular weight is 413 g/mol. The number of nitrogens with zero attached hydrogens (tertiary/aromatic N) is 1. The second kappa shape index (κ2) is 10.5. The first-order valence-corrected chi connectivity index (χ1v) is 10.7. The van der Waals surface area contributed by atoms with Crippen molar-refractivity contribution < 1.29 is 19.1 Å². The molecule has 0 spiro atoms. The zero-order chi connectivity index (χ0) is 21.5. The summed E-state index contributed by atoms with van der Waals surface area (Å²) in [5.41, 5.74) is 1.06. The van der Waals surface area contributed by atoms with E-state index < -0.39 is 12.0 Å². The lowest BCUT2D eigenvalue weighted by Crippen LogP contribution is -2.57. The number of ether oxygens (including phenoxy) is 2. The third-order valence-corrected chi connectivity index (χ3v) is 5.95. The van der Waals surface area contributed by atoms with Gasteiger partial charge in [0.15, 0.2) is 0 Å². The largest absolute Gasteiger partial charge is 0.469 e. The molecule has 0 bridgehead atoms. The van der Waals surface area contributed by atoms with Gasteiger partial charge in [-0.3, -0.25) is 14.5 Å². The van der Waals surface area contributed by atoms with E-state index in [0.717, 1.165) is 24.8 Å². The number of fused-ring (bicyclic) bond motifs is 1. The lowest BCUT2D eigenvalue weighted by atomic mass is 9.88. The Labute approximate surface area is 178 Å². The van der Waals surface area contributed by atoms with Crippen molar-refractivity contribution in [2.75, 3.05) is 13.7 Å². The van der Waals surface area contributed by atoms with E-state index in [-0.39, 0.29) is 30.1 Å². The van der Waals surface area contributed by atoms with Crippen LogP contribution >= 0.6 is 0 Å². The highest BCUT2D eigenvalue weighted by Gasteiger charge is 2.52. The van der Waals surface area contributed by atoms with E-state index in [9.17, 15) is 9.59 Å². The number of benzene rings is 1. The number of methoxy groups -OCH3 is 1. The van der Waals surface area contributed by atoms with Crippen LogP contribution in [-0.2, 0) is 25.6 Å². The number of rotatable bonds is 9. The quantitative estimate of drug-likeness (QED) is 0.499. The minimum atomic E-state index is -0.506. The first-order chi connectivity index (χ1) is 14.6. The Hall–Kier alpha value is -2.44. The molecule has 1 N–H and O–H groups in total. The predicted molar refractivity (Wildman–Crippen MR) is 116 cm³/mol. The number of unbranched alkanes of at least 4 members (excludes halogenated alkanes) is 1. The number of nitrogens with one attached hydrogen (secondary N) is 1. The number of carbonyl (C=O) groups excluding carboxylic acids is 2. The first kappa shape index (κ1) is 22.2. The third-order valence-electron chi connectivity index (χ3n) is 5.95. The van der Waals surface area contributed by atoms with Gasteiger partial charge in [0, 0.05) is 13.1 Å². The highest BCUT2D eigenvalue weighted by atomic mass is 16.5. The van der Waals surface area contributed by atoms with Gasteiger partial charge >= 0.3 is 5.97 Å². The fourth-order valence-electron chi connectivity index (χ4n) is 4.43. The predicted octanol–water partition coefficient (Wildman–Crippen LogP) is 2.84. The average Bonchev–Trinajstić information content (AvgIpc) is 3.17. The van der Waals surface area contributed by atoms with Crippen LogP contribution in [0.25, 0.3) is 0 Å². The fourth-order valence-corrected chi connectivity index (χ4v) is 4.43. The molecule has 2 aliphatic rings. The number of carbonyl (C=O) groups is 2. The van der Waals surface area contributed by atoms with E-state index in [2.05, 4.69) is 23.7 Å². The second-order valence-corrected chi connectivity index (χ2v) is 7.83. The molecule has 0 aromatic heterocycles. The molecule has 1 fully saturated rings. The van der Waals surface area contributed by atoms with E-state index in [0.29, 0.717) is 13.1 Å². The topological polar surface area (TPSA) is 67.9 Å². The molecule has 0 saturated carbocycles. The summed E-state index contributed by atoms with van der Waals surface area (Å²) >= 11 is 0. The van der Waals surface area contributed by atoms with E-state index in [1.165, 1.54) is 7.11 Å². The Morgan fingerprint density at radius 1 is 1.37 bits per heavy atom. The van der Waals surface area contributed by atoms with Gasteiger partial charge in [-0.15, -0.1) is 6.58 Å². The maximum Gasteiger partial charge on any atom is 0.313 e. The molecular weight excluding hydrogens is 380 g/mol. The summed E-state index contributed by atoms with van der Waals surface area (Å²) in [4.78, 5) is 28.0. The monoisotopic (exact) mass is 412 g/mol. The molecule has 1 saturated heterocycles. The van der Waals surface area contributed by atoms with Crippen molar-refractivity contribution in [3.8, 4) is 0 Å². The zero-order valence-corrected chi connectivity index (χ0v) is 17.8. The number of esters is 1. The van der Waals surface area contributed by atoms with E-state index >= 15 is 0 Å². The van der Waals surface area contributed by atoms with Crippen molar-refractivity contribution in [3.05, 3.63) is 60.7 Å². The molecule has 6 nitrogen and oxygen atoms in total. The lowest BCUT2D eigenvalue weighted by molar-refractivity contribution is -0.149. The molecule has 1 aromatic rings. The van der Waals surface area contributed by atoms with Gasteiger partial charge in [-0.2, -0.15) is 0 Å². The van der Waals surface area contributed by atoms with Crippen LogP contribution in [0.1, 0.15) is 31.7 Å². The molecule has 162 valence electrons. The molecule has 3 rings (SSSR count). The van der Waals surface area contributed by atoms with Gasteiger partial charge in [0.05, 0.1) is 31.4 Å². The van der Waals surface area contributed by atoms with Gasteiger partial charge in [0.2, 0.25) is 5.91 Å². The molecule has 30 heavy (non-hydrogen) atoms. The summed E-state index contributed by atoms with van der Waals surface area (Å²) in [5, 5.41) is 3.09. The molecule has 6 heteroatoms. The smallest absolute Gasteiger partial charge is 0.313 e. The molecular formula is C24H32N2O4. The van der Waals surface area contributed by atoms with Crippen LogP contribution in [0.15, 0.2) is 55.1 Å². The van der Waals surface area contributed by atoms with Gasteiger partial charge in [0.1, 0.15) is 5.92 Å². The van der Waals surface area contributed by atoms with Crippen LogP contribution in [0.2, 0.25) is 0 Å². The summed E-state index contributed by atoms with van der Waals surface area (Å²) in [7, 11) is 1.39. The summed E-state index contributed by atoms with van der Waals surface area (Å²) in [6.45, 7) is 7.01. The van der Waals surface area contributed by atoms with E-state index in [4.69, 9.17) is 9.47 Å². The van der Waals surface area contributed by atoms with Gasteiger partial charge < -0.3 is 14.8 Å². The normalized spacial score (nSPS) is 26.6. The van der Waals surface area contributed by atoms with Crippen molar-refractivity contribution in [2.45, 2.75) is 57.0 Å². The molecule has 0 aliphatic carbocycles. The van der Waals surface area contributed by atoms with Crippen LogP contribution in [0.3, 0.4) is 0 Å². The van der Waals surface area contributed by atoms with Crippen LogP contribution in [-0.4, -0.2) is 54.7 Å². The number of hydrogen-bond donors (Lipinski definition) is 1. The van der Waals surface area contributed by atoms with Crippen molar-refractivity contribution >= 4 is 11.9 Å². The molecule has 5 atom stereocenters. The minimum Gasteiger partial charge on any atom is -0.469 e. The maximum absolute atomic E-state index is 13.3. The Morgan fingerprint density at radius 3 is 2.80 bits per heavy atom. The fraction of sp³-hybridized carbons (Fsp3) is 0.500.